The van der Waals surface area contributed by atoms with Crippen molar-refractivity contribution in [1.29, 1.82) is 0 Å². The topological polar surface area (TPSA) is 91.3 Å². The molecule has 0 saturated heterocycles. The number of fused-ring (bicyclic) bond motifs is 8. The average molecular weight is 728 g/mol. The van der Waals surface area contributed by atoms with Crippen LogP contribution in [-0.2, 0) is 21.9 Å². The van der Waals surface area contributed by atoms with Crippen molar-refractivity contribution in [3.05, 3.63) is 168 Å². The quantitative estimate of drug-likeness (QED) is 0.182. The van der Waals surface area contributed by atoms with Crippen LogP contribution in [0, 0.1) is 0 Å². The smallest absolute Gasteiger partial charge is 0.300 e. The van der Waals surface area contributed by atoms with Crippen LogP contribution in [-0.4, -0.2) is 21.0 Å². The predicted molar refractivity (Wildman–Crippen MR) is 212 cm³/mol. The van der Waals surface area contributed by atoms with E-state index in [2.05, 4.69) is 146 Å². The van der Waals surface area contributed by atoms with Gasteiger partial charge in [-0.15, -0.1) is 22.1 Å². The van der Waals surface area contributed by atoms with Gasteiger partial charge in [0.1, 0.15) is 0 Å². The first-order valence-electron chi connectivity index (χ1n) is 17.0. The molecule has 0 fully saturated rings. The second-order valence-electron chi connectivity index (χ2n) is 12.3. The predicted octanol–water partition coefficient (Wildman–Crippen LogP) is 10.7. The first kappa shape index (κ1) is 34.9. The molecule has 0 unspecified atom stereocenters. The van der Waals surface area contributed by atoms with Crippen LogP contribution in [0.4, 0.5) is 0 Å². The van der Waals surface area contributed by atoms with Crippen molar-refractivity contribution < 1.29 is 27.0 Å². The monoisotopic (exact) mass is 727 g/mol. The van der Waals surface area contributed by atoms with Gasteiger partial charge in [0.15, 0.2) is 0 Å². The van der Waals surface area contributed by atoms with Gasteiger partial charge >= 0.3 is 0 Å². The van der Waals surface area contributed by atoms with Gasteiger partial charge in [-0.25, -0.2) is 9.97 Å². The second-order valence-corrected chi connectivity index (χ2v) is 12.3. The van der Waals surface area contributed by atoms with E-state index >= 15 is 0 Å². The Morgan fingerprint density at radius 1 is 0.415 bits per heavy atom. The third-order valence-electron chi connectivity index (χ3n) is 8.86. The molecule has 8 bridgehead atoms. The van der Waals surface area contributed by atoms with E-state index in [4.69, 9.17) is 29.8 Å². The number of nitrogens with zero attached hydrogens (tertiary/aromatic N) is 4. The molecule has 0 spiro atoms. The van der Waals surface area contributed by atoms with E-state index in [1.165, 1.54) is 0 Å². The van der Waals surface area contributed by atoms with Gasteiger partial charge in [-0.1, -0.05) is 146 Å². The Morgan fingerprint density at radius 2 is 0.623 bits per heavy atom. The van der Waals surface area contributed by atoms with E-state index in [0.29, 0.717) is 0 Å². The van der Waals surface area contributed by atoms with E-state index < -0.39 is 5.97 Å². The molecule has 5 heterocycles. The molecule has 7 heteroatoms. The van der Waals surface area contributed by atoms with Crippen LogP contribution in [0.25, 0.3) is 90.9 Å². The van der Waals surface area contributed by atoms with Crippen LogP contribution in [0.15, 0.2) is 146 Å². The molecule has 0 saturated carbocycles. The van der Waals surface area contributed by atoms with Crippen molar-refractivity contribution in [2.24, 2.45) is 0 Å². The molecule has 1 N–H and O–H groups in total. The minimum atomic E-state index is -0.833. The first-order valence-corrected chi connectivity index (χ1v) is 17.0. The number of aromatic nitrogens is 4. The molecular formula is C46H32MnN4O2-2. The zero-order valence-corrected chi connectivity index (χ0v) is 29.9. The molecule has 3 aromatic heterocycles. The van der Waals surface area contributed by atoms with E-state index in [-0.39, 0.29) is 17.1 Å². The number of carbonyl (C=O) groups is 1. The maximum absolute atomic E-state index is 9.00. The normalized spacial score (nSPS) is 11.3. The number of carboxylic acid groups (broad SMARTS) is 1. The number of aliphatic carboxylic acids is 1. The summed E-state index contributed by atoms with van der Waals surface area (Å²) in [6.07, 6.45) is 8.41. The maximum atomic E-state index is 9.00. The fourth-order valence-corrected chi connectivity index (χ4v) is 6.69. The van der Waals surface area contributed by atoms with Crippen LogP contribution < -0.4 is 9.97 Å². The Morgan fingerprint density at radius 3 is 0.830 bits per heavy atom. The average Bonchev–Trinajstić information content (AvgIpc) is 4.01. The summed E-state index contributed by atoms with van der Waals surface area (Å²) in [6, 6.07) is 50.0. The molecule has 1 radical (unpaired) electrons. The SMILES string of the molecule is C1=Cc2nc1c(-c1ccccc1)c1ccc([n-]1)c(-c1ccccc1)c1nc(c(-c3ccccc3)c3ccc([n-]3)c2-c2ccccc2)C=C1.CC(=O)O.[Mn]. The van der Waals surface area contributed by atoms with Gasteiger partial charge in [0.05, 0.1) is 22.8 Å². The summed E-state index contributed by atoms with van der Waals surface area (Å²) in [6.45, 7) is 1.08. The van der Waals surface area contributed by atoms with Crippen molar-refractivity contribution in [2.45, 2.75) is 6.92 Å². The summed E-state index contributed by atoms with van der Waals surface area (Å²) < 4.78 is 0. The molecule has 4 aromatic carbocycles. The fourth-order valence-electron chi connectivity index (χ4n) is 6.69. The summed E-state index contributed by atoms with van der Waals surface area (Å²) in [5.74, 6) is -0.833. The molecule has 0 amide bonds. The van der Waals surface area contributed by atoms with Crippen molar-refractivity contribution in [1.82, 2.24) is 19.9 Å². The van der Waals surface area contributed by atoms with Gasteiger partial charge in [-0.3, -0.25) is 4.79 Å². The van der Waals surface area contributed by atoms with Crippen molar-refractivity contribution in [2.75, 3.05) is 0 Å². The molecule has 6 nitrogen and oxygen atoms in total. The molecule has 0 aliphatic carbocycles. The largest absolute Gasteiger partial charge is 0.657 e. The number of carboxylic acids is 1. The Balaban J connectivity index is 0.000000831. The summed E-state index contributed by atoms with van der Waals surface area (Å²) in [5.41, 5.74) is 15.0. The minimum Gasteiger partial charge on any atom is -0.657 e. The summed E-state index contributed by atoms with van der Waals surface area (Å²) in [7, 11) is 0. The van der Waals surface area contributed by atoms with Gasteiger partial charge in [-0.2, -0.15) is 0 Å². The second kappa shape index (κ2) is 15.4. The van der Waals surface area contributed by atoms with Crippen molar-refractivity contribution in [3.8, 4) is 44.5 Å². The van der Waals surface area contributed by atoms with Gasteiger partial charge in [0.2, 0.25) is 0 Å². The molecule has 2 aliphatic heterocycles. The van der Waals surface area contributed by atoms with Gasteiger partial charge in [-0.05, 0) is 68.8 Å². The first-order chi connectivity index (χ1) is 25.5. The van der Waals surface area contributed by atoms with E-state index in [1.54, 1.807) is 0 Å². The van der Waals surface area contributed by atoms with E-state index in [1.807, 2.05) is 24.3 Å². The van der Waals surface area contributed by atoms with Crippen LogP contribution in [0.1, 0.15) is 29.7 Å². The molecule has 0 atom stereocenters. The van der Waals surface area contributed by atoms with Crippen molar-refractivity contribution in [3.63, 3.8) is 0 Å². The number of benzene rings is 4. The Hall–Kier alpha value is -6.53. The Bertz CT molecular complexity index is 2290. The zero-order chi connectivity index (χ0) is 35.4. The van der Waals surface area contributed by atoms with Crippen LogP contribution >= 0.6 is 0 Å². The minimum absolute atomic E-state index is 0. The Labute approximate surface area is 317 Å². The van der Waals surface area contributed by atoms with Crippen LogP contribution in [0.3, 0.4) is 0 Å². The molecule has 7 aromatic rings. The number of hydrogen-bond acceptors (Lipinski definition) is 3. The molecule has 2 aliphatic rings. The maximum Gasteiger partial charge on any atom is 0.300 e. The Kier molecular flexibility index (Phi) is 10.1. The van der Waals surface area contributed by atoms with E-state index in [9.17, 15) is 0 Å². The van der Waals surface area contributed by atoms with Crippen molar-refractivity contribution >= 4 is 52.3 Å². The van der Waals surface area contributed by atoms with Gasteiger partial charge in [0, 0.05) is 24.0 Å². The number of rotatable bonds is 4. The molecule has 257 valence electrons. The van der Waals surface area contributed by atoms with Gasteiger partial charge in [0.25, 0.3) is 5.97 Å². The van der Waals surface area contributed by atoms with E-state index in [0.717, 1.165) is 96.3 Å². The van der Waals surface area contributed by atoms with Gasteiger partial charge < -0.3 is 15.1 Å². The molecule has 9 rings (SSSR count). The standard InChI is InChI=1S/C44H28N4.C2H4O2.Mn/c1-5-13-29(14-6-1)41-33-21-23-35(45-33)42(30-15-7-2-8-16-30)37-25-27-39(47-37)44(32-19-11-4-12-20-32)40-28-26-38(48-40)43(31-17-9-3-10-18-31)36-24-22-34(41)46-36;1-2(3)4;/h1-28H;1H3,(H,3,4);/q-2;;. The molecular weight excluding hydrogens is 695 g/mol. The zero-order valence-electron chi connectivity index (χ0n) is 28.7. The fraction of sp³-hybridized carbons (Fsp3) is 0.0217. The summed E-state index contributed by atoms with van der Waals surface area (Å²) in [4.78, 5) is 30.2. The molecule has 53 heavy (non-hydrogen) atoms. The number of hydrogen-bond donors (Lipinski definition) is 1. The third kappa shape index (κ3) is 7.17. The third-order valence-corrected chi connectivity index (χ3v) is 8.86. The summed E-state index contributed by atoms with van der Waals surface area (Å²) >= 11 is 0. The summed E-state index contributed by atoms with van der Waals surface area (Å²) in [5, 5.41) is 7.42. The van der Waals surface area contributed by atoms with Crippen LogP contribution in [0.2, 0.25) is 0 Å². The van der Waals surface area contributed by atoms with Crippen LogP contribution in [0.5, 0.6) is 0 Å².